The third kappa shape index (κ3) is 4.78. The van der Waals surface area contributed by atoms with Crippen molar-refractivity contribution in [2.24, 2.45) is 0 Å². The largest absolute Gasteiger partial charge is 0.385 e. The van der Waals surface area contributed by atoms with Crippen LogP contribution in [0.4, 0.5) is 5.69 Å². The molecule has 0 atom stereocenters. The van der Waals surface area contributed by atoms with Crippen LogP contribution in [0.15, 0.2) is 18.2 Å². The number of hydrogen-bond donors (Lipinski definition) is 2. The molecular weight excluding hydrogens is 252 g/mol. The lowest BCUT2D eigenvalue weighted by molar-refractivity contribution is 0.0695. The molecule has 1 aromatic rings. The Morgan fingerprint density at radius 2 is 2.20 bits per heavy atom. The van der Waals surface area contributed by atoms with Gasteiger partial charge in [-0.1, -0.05) is 18.2 Å². The van der Waals surface area contributed by atoms with Crippen LogP contribution in [0.2, 0.25) is 0 Å². The van der Waals surface area contributed by atoms with Crippen molar-refractivity contribution in [1.82, 2.24) is 5.32 Å². The van der Waals surface area contributed by atoms with E-state index in [-0.39, 0.29) is 0 Å². The second kappa shape index (κ2) is 8.95. The van der Waals surface area contributed by atoms with E-state index in [1.165, 1.54) is 29.7 Å². The van der Waals surface area contributed by atoms with E-state index in [2.05, 4.69) is 28.8 Å². The van der Waals surface area contributed by atoms with E-state index in [0.29, 0.717) is 13.2 Å². The molecule has 0 saturated carbocycles. The monoisotopic (exact) mass is 278 g/mol. The topological polar surface area (TPSA) is 42.5 Å². The van der Waals surface area contributed by atoms with Crippen molar-refractivity contribution in [3.8, 4) is 0 Å². The number of fused-ring (bicyclic) bond motifs is 1. The van der Waals surface area contributed by atoms with E-state index < -0.39 is 0 Å². The van der Waals surface area contributed by atoms with Crippen LogP contribution in [-0.2, 0) is 22.4 Å². The van der Waals surface area contributed by atoms with Gasteiger partial charge in [-0.05, 0) is 36.9 Å². The average molecular weight is 278 g/mol. The molecule has 4 heteroatoms. The Kier molecular flexibility index (Phi) is 6.84. The second-order valence-corrected chi connectivity index (χ2v) is 5.12. The minimum absolute atomic E-state index is 0.676. The van der Waals surface area contributed by atoms with Gasteiger partial charge in [0.15, 0.2) is 0 Å². The lowest BCUT2D eigenvalue weighted by Crippen LogP contribution is -2.20. The fourth-order valence-electron chi connectivity index (χ4n) is 2.49. The van der Waals surface area contributed by atoms with Crippen molar-refractivity contribution < 1.29 is 9.47 Å². The number of para-hydroxylation sites is 1. The van der Waals surface area contributed by atoms with Crippen molar-refractivity contribution in [1.29, 1.82) is 0 Å². The fraction of sp³-hybridized carbons (Fsp3) is 0.625. The molecule has 112 valence electrons. The highest BCUT2D eigenvalue weighted by molar-refractivity contribution is 5.59. The molecule has 0 unspecified atom stereocenters. The first-order valence-electron chi connectivity index (χ1n) is 7.54. The van der Waals surface area contributed by atoms with Crippen molar-refractivity contribution in [3.05, 3.63) is 29.3 Å². The van der Waals surface area contributed by atoms with Gasteiger partial charge in [0.1, 0.15) is 0 Å². The number of methoxy groups -OCH3 is 1. The van der Waals surface area contributed by atoms with Gasteiger partial charge in [0.2, 0.25) is 0 Å². The van der Waals surface area contributed by atoms with Crippen LogP contribution in [0, 0.1) is 0 Å². The first-order chi connectivity index (χ1) is 9.92. The summed E-state index contributed by atoms with van der Waals surface area (Å²) in [4.78, 5) is 0. The molecule has 1 aliphatic rings. The summed E-state index contributed by atoms with van der Waals surface area (Å²) in [6, 6.07) is 6.60. The first-order valence-corrected chi connectivity index (χ1v) is 7.54. The summed E-state index contributed by atoms with van der Waals surface area (Å²) >= 11 is 0. The molecule has 1 heterocycles. The third-order valence-corrected chi connectivity index (χ3v) is 3.55. The van der Waals surface area contributed by atoms with E-state index in [0.717, 1.165) is 32.7 Å². The number of nitrogens with one attached hydrogen (secondary N) is 2. The lowest BCUT2D eigenvalue weighted by atomic mass is 9.99. The Morgan fingerprint density at radius 3 is 3.10 bits per heavy atom. The second-order valence-electron chi connectivity index (χ2n) is 5.12. The molecule has 1 aliphatic heterocycles. The molecule has 0 fully saturated rings. The Balaban J connectivity index is 1.64. The molecule has 0 bridgehead atoms. The quantitative estimate of drug-likeness (QED) is 0.680. The molecule has 0 amide bonds. The SMILES string of the molecule is COCCOCCCNCc1cccc2c1NCCC2. The summed E-state index contributed by atoms with van der Waals surface area (Å²) in [5.41, 5.74) is 4.18. The molecular formula is C16H26N2O2. The number of anilines is 1. The van der Waals surface area contributed by atoms with Gasteiger partial charge >= 0.3 is 0 Å². The Hall–Kier alpha value is -1.10. The Labute approximate surface area is 121 Å². The molecule has 20 heavy (non-hydrogen) atoms. The van der Waals surface area contributed by atoms with Crippen LogP contribution in [0.1, 0.15) is 24.0 Å². The number of benzene rings is 1. The number of hydrogen-bond acceptors (Lipinski definition) is 4. The average Bonchev–Trinajstić information content (AvgIpc) is 2.50. The highest BCUT2D eigenvalue weighted by Gasteiger charge is 2.11. The van der Waals surface area contributed by atoms with Crippen LogP contribution in [0.5, 0.6) is 0 Å². The fourth-order valence-corrected chi connectivity index (χ4v) is 2.49. The minimum atomic E-state index is 0.676. The predicted molar refractivity (Wildman–Crippen MR) is 82.3 cm³/mol. The van der Waals surface area contributed by atoms with Crippen molar-refractivity contribution >= 4 is 5.69 Å². The van der Waals surface area contributed by atoms with Gasteiger partial charge in [-0.2, -0.15) is 0 Å². The maximum absolute atomic E-state index is 5.44. The molecule has 0 aromatic heterocycles. The Morgan fingerprint density at radius 1 is 1.25 bits per heavy atom. The lowest BCUT2D eigenvalue weighted by Gasteiger charge is -2.21. The standard InChI is InChI=1S/C16H26N2O2/c1-19-11-12-20-10-4-8-17-13-15-6-2-5-14-7-3-9-18-16(14)15/h2,5-6,17-18H,3-4,7-13H2,1H3. The number of rotatable bonds is 9. The summed E-state index contributed by atoms with van der Waals surface area (Å²) < 4.78 is 10.4. The summed E-state index contributed by atoms with van der Waals surface area (Å²) in [6.07, 6.45) is 3.47. The molecule has 0 radical (unpaired) electrons. The van der Waals surface area contributed by atoms with Crippen LogP contribution in [0.25, 0.3) is 0 Å². The highest BCUT2D eigenvalue weighted by Crippen LogP contribution is 2.25. The van der Waals surface area contributed by atoms with Gasteiger partial charge in [-0.25, -0.2) is 0 Å². The zero-order valence-corrected chi connectivity index (χ0v) is 12.4. The Bertz CT molecular complexity index is 396. The molecule has 2 N–H and O–H groups in total. The summed E-state index contributed by atoms with van der Waals surface area (Å²) in [5, 5.41) is 7.02. The first kappa shape index (κ1) is 15.3. The molecule has 4 nitrogen and oxygen atoms in total. The van der Waals surface area contributed by atoms with Crippen molar-refractivity contribution in [2.45, 2.75) is 25.8 Å². The van der Waals surface area contributed by atoms with E-state index in [1.54, 1.807) is 7.11 Å². The van der Waals surface area contributed by atoms with Crippen molar-refractivity contribution in [3.63, 3.8) is 0 Å². The highest BCUT2D eigenvalue weighted by atomic mass is 16.5. The van der Waals surface area contributed by atoms with Gasteiger partial charge in [0, 0.05) is 32.5 Å². The number of ether oxygens (including phenoxy) is 2. The van der Waals surface area contributed by atoms with E-state index in [1.807, 2.05) is 0 Å². The van der Waals surface area contributed by atoms with E-state index >= 15 is 0 Å². The number of aryl methyl sites for hydroxylation is 1. The minimum Gasteiger partial charge on any atom is -0.385 e. The van der Waals surface area contributed by atoms with Gasteiger partial charge in [-0.3, -0.25) is 0 Å². The van der Waals surface area contributed by atoms with E-state index in [4.69, 9.17) is 9.47 Å². The van der Waals surface area contributed by atoms with Crippen LogP contribution in [-0.4, -0.2) is 40.0 Å². The zero-order valence-electron chi connectivity index (χ0n) is 12.4. The van der Waals surface area contributed by atoms with Crippen molar-refractivity contribution in [2.75, 3.05) is 45.3 Å². The van der Waals surface area contributed by atoms with Gasteiger partial charge < -0.3 is 20.1 Å². The molecule has 0 aliphatic carbocycles. The summed E-state index contributed by atoms with van der Waals surface area (Å²) in [5.74, 6) is 0. The van der Waals surface area contributed by atoms with Gasteiger partial charge in [0.25, 0.3) is 0 Å². The summed E-state index contributed by atoms with van der Waals surface area (Å²) in [7, 11) is 1.69. The smallest absolute Gasteiger partial charge is 0.0700 e. The molecule has 0 spiro atoms. The molecule has 2 rings (SSSR count). The normalized spacial score (nSPS) is 13.8. The molecule has 1 aromatic carbocycles. The zero-order chi connectivity index (χ0) is 14.0. The van der Waals surface area contributed by atoms with Gasteiger partial charge in [0.05, 0.1) is 13.2 Å². The van der Waals surface area contributed by atoms with Crippen LogP contribution < -0.4 is 10.6 Å². The van der Waals surface area contributed by atoms with Crippen LogP contribution >= 0.6 is 0 Å². The molecule has 0 saturated heterocycles. The third-order valence-electron chi connectivity index (χ3n) is 3.55. The summed E-state index contributed by atoms with van der Waals surface area (Å²) in [6.45, 7) is 5.16. The van der Waals surface area contributed by atoms with Crippen LogP contribution in [0.3, 0.4) is 0 Å². The maximum atomic E-state index is 5.44. The maximum Gasteiger partial charge on any atom is 0.0700 e. The van der Waals surface area contributed by atoms with E-state index in [9.17, 15) is 0 Å². The predicted octanol–water partition coefficient (Wildman–Crippen LogP) is 2.19. The van der Waals surface area contributed by atoms with Gasteiger partial charge in [-0.15, -0.1) is 0 Å².